The minimum Gasteiger partial charge on any atom is -0.294 e. The first-order chi connectivity index (χ1) is 6.65. The third-order valence-corrected chi connectivity index (χ3v) is 3.25. The van der Waals surface area contributed by atoms with Gasteiger partial charge in [-0.25, -0.2) is 5.84 Å². The second kappa shape index (κ2) is 5.41. The Hall–Kier alpha value is -0.490. The molecule has 7 heteroatoms. The highest BCUT2D eigenvalue weighted by Crippen LogP contribution is 2.32. The van der Waals surface area contributed by atoms with E-state index in [4.69, 9.17) is 29.0 Å². The van der Waals surface area contributed by atoms with Gasteiger partial charge in [-0.05, 0) is 0 Å². The van der Waals surface area contributed by atoms with E-state index in [1.54, 1.807) is 0 Å². The number of carbonyl (C=O) groups excluding carboxylic acids is 1. The highest BCUT2D eigenvalue weighted by molar-refractivity contribution is 8.00. The minimum atomic E-state index is -0.293. The number of thioether (sulfide) groups is 1. The average Bonchev–Trinajstić information content (AvgIpc) is 2.16. The molecule has 0 unspecified atom stereocenters. The molecule has 0 aromatic carbocycles. The lowest BCUT2D eigenvalue weighted by molar-refractivity contribution is -0.118. The number of nitrogens with two attached hydrogens (primary N) is 1. The molecule has 1 aromatic heterocycles. The molecule has 14 heavy (non-hydrogen) atoms. The van der Waals surface area contributed by atoms with Crippen LogP contribution in [0.5, 0.6) is 0 Å². The Labute approximate surface area is 95.1 Å². The van der Waals surface area contributed by atoms with Crippen LogP contribution in [-0.4, -0.2) is 16.6 Å². The molecule has 0 fully saturated rings. The molecule has 0 aliphatic carbocycles. The van der Waals surface area contributed by atoms with Crippen molar-refractivity contribution in [1.82, 2.24) is 10.4 Å². The standard InChI is InChI=1S/C7H7Cl2N3OS/c8-4-1-11-2-5(9)7(4)14-3-6(13)12-10/h1-2H,3,10H2,(H,12,13). The molecule has 1 heterocycles. The van der Waals surface area contributed by atoms with Crippen molar-refractivity contribution in [2.45, 2.75) is 4.90 Å². The summed E-state index contributed by atoms with van der Waals surface area (Å²) >= 11 is 12.9. The van der Waals surface area contributed by atoms with Gasteiger partial charge in [0.1, 0.15) is 0 Å². The van der Waals surface area contributed by atoms with Crippen LogP contribution in [0.1, 0.15) is 0 Å². The van der Waals surface area contributed by atoms with Crippen LogP contribution in [0.25, 0.3) is 0 Å². The van der Waals surface area contributed by atoms with Crippen molar-refractivity contribution >= 4 is 40.9 Å². The lowest BCUT2D eigenvalue weighted by Gasteiger charge is -2.04. The zero-order valence-electron chi connectivity index (χ0n) is 6.96. The predicted molar refractivity (Wildman–Crippen MR) is 57.3 cm³/mol. The van der Waals surface area contributed by atoms with E-state index in [1.165, 1.54) is 24.2 Å². The Kier molecular flexibility index (Phi) is 4.47. The molecule has 0 radical (unpaired) electrons. The summed E-state index contributed by atoms with van der Waals surface area (Å²) in [6.07, 6.45) is 2.94. The van der Waals surface area contributed by atoms with Crippen molar-refractivity contribution in [1.29, 1.82) is 0 Å². The number of rotatable bonds is 3. The average molecular weight is 252 g/mol. The first-order valence-electron chi connectivity index (χ1n) is 3.56. The number of hydrogen-bond donors (Lipinski definition) is 2. The second-order valence-corrected chi connectivity index (χ2v) is 4.09. The van der Waals surface area contributed by atoms with Crippen molar-refractivity contribution in [2.24, 2.45) is 5.84 Å². The van der Waals surface area contributed by atoms with Crippen LogP contribution < -0.4 is 11.3 Å². The normalized spacial score (nSPS) is 9.93. The van der Waals surface area contributed by atoms with Gasteiger partial charge in [0.25, 0.3) is 0 Å². The van der Waals surface area contributed by atoms with Crippen molar-refractivity contribution in [3.8, 4) is 0 Å². The number of nitrogens with zero attached hydrogens (tertiary/aromatic N) is 1. The minimum absolute atomic E-state index is 0.167. The molecule has 1 amide bonds. The highest BCUT2D eigenvalue weighted by Gasteiger charge is 2.08. The van der Waals surface area contributed by atoms with Crippen LogP contribution >= 0.6 is 35.0 Å². The van der Waals surface area contributed by atoms with Crippen LogP contribution in [0.2, 0.25) is 10.0 Å². The summed E-state index contributed by atoms with van der Waals surface area (Å²) in [4.78, 5) is 15.3. The molecule has 0 bridgehead atoms. The van der Waals surface area contributed by atoms with E-state index in [1.807, 2.05) is 5.43 Å². The fraction of sp³-hybridized carbons (Fsp3) is 0.143. The van der Waals surface area contributed by atoms with E-state index in [0.717, 1.165) is 0 Å². The van der Waals surface area contributed by atoms with E-state index >= 15 is 0 Å². The maximum Gasteiger partial charge on any atom is 0.244 e. The maximum atomic E-state index is 10.8. The summed E-state index contributed by atoms with van der Waals surface area (Å²) in [6, 6.07) is 0. The van der Waals surface area contributed by atoms with Crippen molar-refractivity contribution < 1.29 is 4.79 Å². The molecule has 0 atom stereocenters. The van der Waals surface area contributed by atoms with Gasteiger partial charge in [0.2, 0.25) is 5.91 Å². The molecule has 1 aromatic rings. The quantitative estimate of drug-likeness (QED) is 0.370. The van der Waals surface area contributed by atoms with Gasteiger partial charge >= 0.3 is 0 Å². The van der Waals surface area contributed by atoms with Crippen molar-refractivity contribution in [2.75, 3.05) is 5.75 Å². The fourth-order valence-electron chi connectivity index (χ4n) is 0.717. The van der Waals surface area contributed by atoms with Crippen molar-refractivity contribution in [3.63, 3.8) is 0 Å². The lowest BCUT2D eigenvalue weighted by Crippen LogP contribution is -2.31. The van der Waals surface area contributed by atoms with Crippen molar-refractivity contribution in [3.05, 3.63) is 22.4 Å². The molecule has 76 valence electrons. The van der Waals surface area contributed by atoms with E-state index in [-0.39, 0.29) is 11.7 Å². The number of hydrazine groups is 1. The maximum absolute atomic E-state index is 10.8. The Bertz CT molecular complexity index is 327. The summed E-state index contributed by atoms with van der Waals surface area (Å²) in [5.41, 5.74) is 2.01. The van der Waals surface area contributed by atoms with Gasteiger partial charge in [0.15, 0.2) is 0 Å². The first kappa shape index (κ1) is 11.6. The molecular formula is C7H7Cl2N3OS. The van der Waals surface area contributed by atoms with Gasteiger partial charge in [-0.3, -0.25) is 15.2 Å². The van der Waals surface area contributed by atoms with E-state index in [2.05, 4.69) is 4.98 Å². The molecule has 0 aliphatic heterocycles. The molecule has 0 saturated carbocycles. The van der Waals surface area contributed by atoms with E-state index < -0.39 is 0 Å². The predicted octanol–water partition coefficient (Wildman–Crippen LogP) is 1.47. The van der Waals surface area contributed by atoms with Gasteiger partial charge in [0.05, 0.1) is 15.8 Å². The van der Waals surface area contributed by atoms with E-state index in [9.17, 15) is 4.79 Å². The largest absolute Gasteiger partial charge is 0.294 e. The molecule has 0 aliphatic rings. The second-order valence-electron chi connectivity index (χ2n) is 2.29. The summed E-state index contributed by atoms with van der Waals surface area (Å²) < 4.78 is 0. The number of nitrogens with one attached hydrogen (secondary N) is 1. The summed E-state index contributed by atoms with van der Waals surface area (Å²) in [7, 11) is 0. The number of hydrogen-bond acceptors (Lipinski definition) is 4. The molecular weight excluding hydrogens is 245 g/mol. The molecule has 0 saturated heterocycles. The third-order valence-electron chi connectivity index (χ3n) is 1.32. The molecule has 1 rings (SSSR count). The summed E-state index contributed by atoms with van der Waals surface area (Å²) in [5, 5.41) is 0.847. The van der Waals surface area contributed by atoms with Crippen LogP contribution in [0.4, 0.5) is 0 Å². The number of halogens is 2. The number of pyridine rings is 1. The van der Waals surface area contributed by atoms with Gasteiger partial charge in [-0.1, -0.05) is 23.2 Å². The lowest BCUT2D eigenvalue weighted by atomic mass is 10.5. The fourth-order valence-corrected chi connectivity index (χ4v) is 2.15. The van der Waals surface area contributed by atoms with E-state index in [0.29, 0.717) is 14.9 Å². The number of carbonyl (C=O) groups is 1. The topological polar surface area (TPSA) is 68.0 Å². The third kappa shape index (κ3) is 3.02. The van der Waals surface area contributed by atoms with Gasteiger partial charge < -0.3 is 0 Å². The number of amides is 1. The number of aromatic nitrogens is 1. The molecule has 4 nitrogen and oxygen atoms in total. The van der Waals surface area contributed by atoms with Crippen LogP contribution in [-0.2, 0) is 4.79 Å². The van der Waals surface area contributed by atoms with Crippen LogP contribution in [0.3, 0.4) is 0 Å². The Morgan fingerprint density at radius 1 is 1.50 bits per heavy atom. The molecule has 0 spiro atoms. The zero-order valence-corrected chi connectivity index (χ0v) is 9.29. The summed E-state index contributed by atoms with van der Waals surface area (Å²) in [6.45, 7) is 0. The Morgan fingerprint density at radius 2 is 2.07 bits per heavy atom. The zero-order chi connectivity index (χ0) is 10.6. The monoisotopic (exact) mass is 251 g/mol. The highest BCUT2D eigenvalue weighted by atomic mass is 35.5. The van der Waals surface area contributed by atoms with Crippen LogP contribution in [0.15, 0.2) is 17.3 Å². The molecule has 3 N–H and O–H groups in total. The van der Waals surface area contributed by atoms with Crippen LogP contribution in [0, 0.1) is 0 Å². The van der Waals surface area contributed by atoms with Gasteiger partial charge in [0, 0.05) is 17.3 Å². The van der Waals surface area contributed by atoms with Gasteiger partial charge in [-0.2, -0.15) is 0 Å². The smallest absolute Gasteiger partial charge is 0.244 e. The SMILES string of the molecule is NNC(=O)CSc1c(Cl)cncc1Cl. The first-order valence-corrected chi connectivity index (χ1v) is 5.30. The van der Waals surface area contributed by atoms with Gasteiger partial charge in [-0.15, -0.1) is 11.8 Å². The Balaban J connectivity index is 2.71. The Morgan fingerprint density at radius 3 is 2.57 bits per heavy atom. The summed E-state index contributed by atoms with van der Waals surface area (Å²) in [5.74, 6) is 4.80.